The molecule has 3 heterocycles. The molecular weight excluding hydrogens is 276 g/mol. The van der Waals surface area contributed by atoms with Gasteiger partial charge in [-0.25, -0.2) is 0 Å². The molecule has 22 heavy (non-hydrogen) atoms. The van der Waals surface area contributed by atoms with Gasteiger partial charge in [0.25, 0.3) is 0 Å². The molecule has 3 nitrogen and oxygen atoms in total. The number of carbonyl (C=O) groups excluding carboxylic acids is 1. The van der Waals surface area contributed by atoms with E-state index in [1.165, 1.54) is 5.57 Å². The van der Waals surface area contributed by atoms with E-state index in [0.29, 0.717) is 35.9 Å². The second kappa shape index (κ2) is 4.91. The standard InChI is InChI=1S/C19H28O3/c1-10(2)12-6-5-11(3)16-14-9-19(4)15(22-19)8-7-13(20)18(21-14)17(12)16/h10,12,14-18H,3,5-9H2,1-2,4H3/t12-,14-,15?,16-,17-,18+,19?/m1/s1. The maximum absolute atomic E-state index is 12.8. The van der Waals surface area contributed by atoms with Gasteiger partial charge in [0.1, 0.15) is 6.10 Å². The first kappa shape index (κ1) is 14.9. The molecule has 4 fully saturated rings. The number of hydrogen-bond acceptors (Lipinski definition) is 3. The summed E-state index contributed by atoms with van der Waals surface area (Å²) in [5.41, 5.74) is 1.24. The Bertz CT molecular complexity index is 511. The number of fused-ring (bicyclic) bond motifs is 6. The second-order valence-corrected chi connectivity index (χ2v) is 8.43. The summed E-state index contributed by atoms with van der Waals surface area (Å²) in [6.07, 6.45) is 4.84. The number of carbonyl (C=O) groups is 1. The molecule has 1 aliphatic carbocycles. The minimum Gasteiger partial charge on any atom is -0.366 e. The van der Waals surface area contributed by atoms with E-state index in [4.69, 9.17) is 9.47 Å². The van der Waals surface area contributed by atoms with Crippen LogP contribution in [0.5, 0.6) is 0 Å². The Morgan fingerprint density at radius 3 is 2.77 bits per heavy atom. The average Bonchev–Trinajstić information content (AvgIpc) is 2.92. The van der Waals surface area contributed by atoms with E-state index in [1.54, 1.807) is 0 Å². The first-order valence-electron chi connectivity index (χ1n) is 8.94. The van der Waals surface area contributed by atoms with Crippen molar-refractivity contribution in [2.24, 2.45) is 23.7 Å². The zero-order chi connectivity index (χ0) is 15.6. The van der Waals surface area contributed by atoms with Crippen molar-refractivity contribution in [3.63, 3.8) is 0 Å². The summed E-state index contributed by atoms with van der Waals surface area (Å²) in [5, 5.41) is 0. The molecule has 4 rings (SSSR count). The van der Waals surface area contributed by atoms with E-state index >= 15 is 0 Å². The van der Waals surface area contributed by atoms with E-state index in [-0.39, 0.29) is 23.9 Å². The van der Waals surface area contributed by atoms with Gasteiger partial charge in [0.15, 0.2) is 5.78 Å². The molecule has 3 aliphatic heterocycles. The van der Waals surface area contributed by atoms with Gasteiger partial charge in [-0.05, 0) is 38.0 Å². The summed E-state index contributed by atoms with van der Waals surface area (Å²) in [4.78, 5) is 12.8. The van der Waals surface area contributed by atoms with Gasteiger partial charge >= 0.3 is 0 Å². The van der Waals surface area contributed by atoms with Crippen LogP contribution in [0.15, 0.2) is 12.2 Å². The normalized spacial score (nSPS) is 50.9. The van der Waals surface area contributed by atoms with E-state index in [9.17, 15) is 4.79 Å². The maximum atomic E-state index is 12.8. The molecule has 2 unspecified atom stereocenters. The van der Waals surface area contributed by atoms with E-state index in [0.717, 1.165) is 25.7 Å². The van der Waals surface area contributed by atoms with Crippen molar-refractivity contribution in [3.05, 3.63) is 12.2 Å². The van der Waals surface area contributed by atoms with Gasteiger partial charge in [-0.15, -0.1) is 0 Å². The highest BCUT2D eigenvalue weighted by Gasteiger charge is 2.60. The van der Waals surface area contributed by atoms with Crippen molar-refractivity contribution in [2.75, 3.05) is 0 Å². The summed E-state index contributed by atoms with van der Waals surface area (Å²) < 4.78 is 12.3. The highest BCUT2D eigenvalue weighted by Crippen LogP contribution is 2.55. The second-order valence-electron chi connectivity index (χ2n) is 8.43. The van der Waals surface area contributed by atoms with Crippen molar-refractivity contribution in [2.45, 2.75) is 76.8 Å². The lowest BCUT2D eigenvalue weighted by atomic mass is 9.62. The first-order chi connectivity index (χ1) is 10.4. The summed E-state index contributed by atoms with van der Waals surface area (Å²) >= 11 is 0. The van der Waals surface area contributed by atoms with Gasteiger partial charge in [-0.1, -0.05) is 26.0 Å². The van der Waals surface area contributed by atoms with Crippen LogP contribution in [0.1, 0.15) is 52.9 Å². The van der Waals surface area contributed by atoms with Crippen molar-refractivity contribution in [1.82, 2.24) is 0 Å². The summed E-state index contributed by atoms with van der Waals surface area (Å²) in [6, 6.07) is 0. The number of hydrogen-bond donors (Lipinski definition) is 0. The van der Waals surface area contributed by atoms with Crippen LogP contribution >= 0.6 is 0 Å². The van der Waals surface area contributed by atoms with Gasteiger partial charge in [0.2, 0.25) is 0 Å². The van der Waals surface area contributed by atoms with E-state index in [1.807, 2.05) is 0 Å². The molecule has 122 valence electrons. The molecule has 2 bridgehead atoms. The van der Waals surface area contributed by atoms with Crippen molar-refractivity contribution >= 4 is 5.78 Å². The molecule has 0 radical (unpaired) electrons. The van der Waals surface area contributed by atoms with Crippen LogP contribution in [0, 0.1) is 23.7 Å². The van der Waals surface area contributed by atoms with Crippen LogP contribution in [-0.2, 0) is 14.3 Å². The average molecular weight is 304 g/mol. The van der Waals surface area contributed by atoms with E-state index in [2.05, 4.69) is 27.4 Å². The Morgan fingerprint density at radius 1 is 1.27 bits per heavy atom. The van der Waals surface area contributed by atoms with Crippen molar-refractivity contribution in [3.8, 4) is 0 Å². The summed E-state index contributed by atoms with van der Waals surface area (Å²) in [7, 11) is 0. The number of rotatable bonds is 1. The quantitative estimate of drug-likeness (QED) is 0.549. The molecule has 7 atom stereocenters. The molecule has 0 aromatic heterocycles. The Morgan fingerprint density at radius 2 is 2.05 bits per heavy atom. The van der Waals surface area contributed by atoms with Crippen LogP contribution < -0.4 is 0 Å². The molecule has 0 aromatic rings. The molecule has 0 spiro atoms. The molecule has 0 amide bonds. The number of epoxide rings is 1. The van der Waals surface area contributed by atoms with Crippen LogP contribution in [0.3, 0.4) is 0 Å². The van der Waals surface area contributed by atoms with Crippen LogP contribution in [0.4, 0.5) is 0 Å². The number of Topliss-reactive ketones (excluding diaryl/α,β-unsaturated/α-hetero) is 1. The minimum atomic E-state index is -0.194. The van der Waals surface area contributed by atoms with Gasteiger partial charge in [0.05, 0.1) is 17.8 Å². The van der Waals surface area contributed by atoms with E-state index < -0.39 is 0 Å². The summed E-state index contributed by atoms with van der Waals surface area (Å²) in [5.74, 6) is 2.18. The topological polar surface area (TPSA) is 38.8 Å². The Balaban J connectivity index is 1.70. The fraction of sp³-hybridized carbons (Fsp3) is 0.842. The summed E-state index contributed by atoms with van der Waals surface area (Å²) in [6.45, 7) is 11.1. The monoisotopic (exact) mass is 304 g/mol. The first-order valence-corrected chi connectivity index (χ1v) is 8.94. The fourth-order valence-corrected chi connectivity index (χ4v) is 5.43. The molecule has 0 aromatic carbocycles. The smallest absolute Gasteiger partial charge is 0.161 e. The molecule has 1 saturated carbocycles. The van der Waals surface area contributed by atoms with Gasteiger partial charge in [-0.2, -0.15) is 0 Å². The fourth-order valence-electron chi connectivity index (χ4n) is 5.43. The largest absolute Gasteiger partial charge is 0.366 e. The van der Waals surface area contributed by atoms with Gasteiger partial charge in [0, 0.05) is 24.7 Å². The number of ketones is 1. The van der Waals surface area contributed by atoms with Crippen LogP contribution in [0.25, 0.3) is 0 Å². The maximum Gasteiger partial charge on any atom is 0.161 e. The molecule has 4 aliphatic rings. The molecule has 3 saturated heterocycles. The Kier molecular flexibility index (Phi) is 3.32. The highest BCUT2D eigenvalue weighted by atomic mass is 16.6. The lowest BCUT2D eigenvalue weighted by molar-refractivity contribution is -0.133. The minimum absolute atomic E-state index is 0.0697. The SMILES string of the molecule is C=C1CC[C@H](C(C)C)[C@@H]2[C@H]1[C@H]1CC3(C)OC3CCC(=O)[C@@H]2O1. The number of ether oxygens (including phenoxy) is 2. The van der Waals surface area contributed by atoms with Crippen LogP contribution in [-0.4, -0.2) is 29.7 Å². The molecular formula is C19H28O3. The lowest BCUT2D eigenvalue weighted by Gasteiger charge is -2.40. The predicted molar refractivity (Wildman–Crippen MR) is 84.5 cm³/mol. The Labute approximate surface area is 133 Å². The van der Waals surface area contributed by atoms with Crippen molar-refractivity contribution in [1.29, 1.82) is 0 Å². The third-order valence-corrected chi connectivity index (χ3v) is 6.72. The predicted octanol–water partition coefficient (Wildman–Crippen LogP) is 3.52. The highest BCUT2D eigenvalue weighted by molar-refractivity contribution is 5.84. The third kappa shape index (κ3) is 2.12. The Hall–Kier alpha value is -0.670. The third-order valence-electron chi connectivity index (χ3n) is 6.72. The zero-order valence-corrected chi connectivity index (χ0v) is 14.0. The van der Waals surface area contributed by atoms with Crippen molar-refractivity contribution < 1.29 is 14.3 Å². The van der Waals surface area contributed by atoms with Crippen LogP contribution in [0.2, 0.25) is 0 Å². The molecule has 0 N–H and O–H groups in total. The molecule has 3 heteroatoms. The zero-order valence-electron chi connectivity index (χ0n) is 14.0. The lowest BCUT2D eigenvalue weighted by Crippen LogP contribution is -2.40. The van der Waals surface area contributed by atoms with Gasteiger partial charge < -0.3 is 9.47 Å². The van der Waals surface area contributed by atoms with Gasteiger partial charge in [-0.3, -0.25) is 4.79 Å².